The molecule has 5 rings (SSSR count). The number of carbonyl (C=O) groups is 1. The van der Waals surface area contributed by atoms with Crippen molar-refractivity contribution in [1.29, 1.82) is 0 Å². The predicted octanol–water partition coefficient (Wildman–Crippen LogP) is 5.33. The van der Waals surface area contributed by atoms with Gasteiger partial charge in [-0.1, -0.05) is 48.5 Å². The molecule has 0 spiro atoms. The number of methoxy groups -OCH3 is 4. The monoisotopic (exact) mass is 540 g/mol. The fraction of sp³-hybridized carbons (Fsp3) is 0.303. The minimum Gasteiger partial charge on any atom is -0.493 e. The highest BCUT2D eigenvalue weighted by Crippen LogP contribution is 2.40. The third kappa shape index (κ3) is 5.70. The summed E-state index contributed by atoms with van der Waals surface area (Å²) in [5.74, 6) is 2.76. The van der Waals surface area contributed by atoms with Crippen LogP contribution in [0.15, 0.2) is 72.8 Å². The summed E-state index contributed by atoms with van der Waals surface area (Å²) in [7, 11) is 6.57. The van der Waals surface area contributed by atoms with Crippen molar-refractivity contribution in [3.05, 3.63) is 95.1 Å². The molecule has 0 saturated carbocycles. The first-order valence-corrected chi connectivity index (χ1v) is 13.5. The van der Waals surface area contributed by atoms with E-state index in [2.05, 4.69) is 52.7 Å². The highest BCUT2D eigenvalue weighted by Gasteiger charge is 2.31. The molecule has 208 valence electrons. The molecule has 0 unspecified atom stereocenters. The first-order valence-electron chi connectivity index (χ1n) is 13.5. The number of nitrogens with one attached hydrogen (secondary N) is 1. The van der Waals surface area contributed by atoms with Crippen molar-refractivity contribution in [1.82, 2.24) is 10.2 Å². The lowest BCUT2D eigenvalue weighted by atomic mass is 9.88. The third-order valence-corrected chi connectivity index (χ3v) is 7.69. The van der Waals surface area contributed by atoms with Crippen LogP contribution in [0.25, 0.3) is 10.8 Å². The van der Waals surface area contributed by atoms with Crippen LogP contribution in [-0.2, 0) is 24.2 Å². The van der Waals surface area contributed by atoms with Crippen LogP contribution >= 0.6 is 0 Å². The maximum atomic E-state index is 13.3. The van der Waals surface area contributed by atoms with E-state index in [1.807, 2.05) is 30.3 Å². The third-order valence-electron chi connectivity index (χ3n) is 7.69. The Balaban J connectivity index is 1.40. The molecule has 0 bridgehead atoms. The molecule has 40 heavy (non-hydrogen) atoms. The van der Waals surface area contributed by atoms with Gasteiger partial charge in [0.25, 0.3) is 0 Å². The average Bonchev–Trinajstić information content (AvgIpc) is 3.00. The van der Waals surface area contributed by atoms with Crippen LogP contribution in [0, 0.1) is 0 Å². The standard InChI is InChI=1S/C33H36N2O5/c1-37-29-13-12-22(17-30(29)38-2)16-28-27-19-32(40-4)31(39-3)18-24(27)14-15-35(28)21-33(36)34-20-25-10-7-9-23-8-5-6-11-26(23)25/h5-13,17-19,28H,14-16,20-21H2,1-4H3,(H,34,36)/t28-/m0/s1. The summed E-state index contributed by atoms with van der Waals surface area (Å²) in [5.41, 5.74) is 4.54. The van der Waals surface area contributed by atoms with Gasteiger partial charge in [-0.25, -0.2) is 0 Å². The maximum Gasteiger partial charge on any atom is 0.234 e. The summed E-state index contributed by atoms with van der Waals surface area (Å²) >= 11 is 0. The summed E-state index contributed by atoms with van der Waals surface area (Å²) in [6.45, 7) is 1.52. The molecule has 1 atom stereocenters. The average molecular weight is 541 g/mol. The minimum atomic E-state index is -0.0371. The van der Waals surface area contributed by atoms with Crippen LogP contribution in [-0.4, -0.2) is 52.3 Å². The maximum absolute atomic E-state index is 13.3. The zero-order chi connectivity index (χ0) is 28.1. The number of carbonyl (C=O) groups excluding carboxylic acids is 1. The fourth-order valence-electron chi connectivity index (χ4n) is 5.62. The zero-order valence-corrected chi connectivity index (χ0v) is 23.5. The van der Waals surface area contributed by atoms with Crippen molar-refractivity contribution in [2.45, 2.75) is 25.4 Å². The van der Waals surface area contributed by atoms with Crippen molar-refractivity contribution in [2.75, 3.05) is 41.5 Å². The second-order valence-corrected chi connectivity index (χ2v) is 9.95. The lowest BCUT2D eigenvalue weighted by Gasteiger charge is -2.37. The van der Waals surface area contributed by atoms with Crippen LogP contribution in [0.5, 0.6) is 23.0 Å². The van der Waals surface area contributed by atoms with Crippen LogP contribution in [0.3, 0.4) is 0 Å². The van der Waals surface area contributed by atoms with Gasteiger partial charge in [0.2, 0.25) is 5.91 Å². The first-order chi connectivity index (χ1) is 19.5. The second kappa shape index (κ2) is 12.3. The quantitative estimate of drug-likeness (QED) is 0.293. The number of hydrogen-bond acceptors (Lipinski definition) is 6. The van der Waals surface area contributed by atoms with E-state index in [-0.39, 0.29) is 18.5 Å². The fourth-order valence-corrected chi connectivity index (χ4v) is 5.62. The Labute approximate surface area is 235 Å². The normalized spacial score (nSPS) is 14.8. The van der Waals surface area contributed by atoms with E-state index in [1.165, 1.54) is 10.9 Å². The summed E-state index contributed by atoms with van der Waals surface area (Å²) < 4.78 is 22.2. The van der Waals surface area contributed by atoms with E-state index in [9.17, 15) is 4.79 Å². The highest BCUT2D eigenvalue weighted by atomic mass is 16.5. The molecule has 4 aromatic rings. The lowest BCUT2D eigenvalue weighted by Crippen LogP contribution is -2.43. The summed E-state index contributed by atoms with van der Waals surface area (Å²) in [4.78, 5) is 15.6. The van der Waals surface area contributed by atoms with E-state index in [0.29, 0.717) is 36.0 Å². The van der Waals surface area contributed by atoms with Gasteiger partial charge in [0.1, 0.15) is 0 Å². The number of hydrogen-bond donors (Lipinski definition) is 1. The zero-order valence-electron chi connectivity index (χ0n) is 23.5. The van der Waals surface area contributed by atoms with E-state index in [1.54, 1.807) is 28.4 Å². The molecule has 7 nitrogen and oxygen atoms in total. The molecule has 0 fully saturated rings. The number of nitrogens with zero attached hydrogens (tertiary/aromatic N) is 1. The molecule has 0 radical (unpaired) electrons. The van der Waals surface area contributed by atoms with E-state index in [0.717, 1.165) is 35.0 Å². The minimum absolute atomic E-state index is 0.00540. The Morgan fingerprint density at radius 2 is 1.52 bits per heavy atom. The van der Waals surface area contributed by atoms with Gasteiger partial charge < -0.3 is 24.3 Å². The van der Waals surface area contributed by atoms with Gasteiger partial charge >= 0.3 is 0 Å². The predicted molar refractivity (Wildman–Crippen MR) is 157 cm³/mol. The van der Waals surface area contributed by atoms with Crippen molar-refractivity contribution in [3.63, 3.8) is 0 Å². The Morgan fingerprint density at radius 1 is 0.825 bits per heavy atom. The Hall–Kier alpha value is -4.23. The first kappa shape index (κ1) is 27.3. The smallest absolute Gasteiger partial charge is 0.234 e. The van der Waals surface area contributed by atoms with Gasteiger partial charge in [0.05, 0.1) is 35.0 Å². The summed E-state index contributed by atoms with van der Waals surface area (Å²) in [6, 6.07) is 24.5. The molecule has 4 aromatic carbocycles. The molecule has 1 amide bonds. The van der Waals surface area contributed by atoms with Crippen molar-refractivity contribution in [2.24, 2.45) is 0 Å². The molecular formula is C33H36N2O5. The van der Waals surface area contributed by atoms with E-state index in [4.69, 9.17) is 18.9 Å². The molecule has 7 heteroatoms. The molecule has 1 aliphatic rings. The van der Waals surface area contributed by atoms with Gasteiger partial charge in [-0.05, 0) is 70.1 Å². The van der Waals surface area contributed by atoms with E-state index < -0.39 is 0 Å². The number of fused-ring (bicyclic) bond motifs is 2. The molecular weight excluding hydrogens is 504 g/mol. The summed E-state index contributed by atoms with van der Waals surface area (Å²) in [5, 5.41) is 5.48. The number of ether oxygens (including phenoxy) is 4. The Bertz CT molecular complexity index is 1500. The number of benzene rings is 4. The second-order valence-electron chi connectivity index (χ2n) is 9.95. The van der Waals surface area contributed by atoms with E-state index >= 15 is 0 Å². The topological polar surface area (TPSA) is 69.3 Å². The highest BCUT2D eigenvalue weighted by molar-refractivity contribution is 5.86. The largest absolute Gasteiger partial charge is 0.493 e. The SMILES string of the molecule is COc1ccc(C[C@H]2c3cc(OC)c(OC)cc3CCN2CC(=O)NCc2cccc3ccccc23)cc1OC. The molecule has 1 aliphatic heterocycles. The van der Waals surface area contributed by atoms with Gasteiger partial charge in [-0.3, -0.25) is 9.69 Å². The van der Waals surface area contributed by atoms with Crippen LogP contribution < -0.4 is 24.3 Å². The van der Waals surface area contributed by atoms with Crippen LogP contribution in [0.1, 0.15) is 28.3 Å². The Kier molecular flexibility index (Phi) is 8.41. The number of amides is 1. The van der Waals surface area contributed by atoms with Gasteiger partial charge in [-0.15, -0.1) is 0 Å². The van der Waals surface area contributed by atoms with Gasteiger partial charge in [0.15, 0.2) is 23.0 Å². The molecule has 0 saturated heterocycles. The van der Waals surface area contributed by atoms with Crippen LogP contribution in [0.2, 0.25) is 0 Å². The molecule has 1 heterocycles. The Morgan fingerprint density at radius 3 is 2.30 bits per heavy atom. The van der Waals surface area contributed by atoms with Gasteiger partial charge in [-0.2, -0.15) is 0 Å². The van der Waals surface area contributed by atoms with Crippen molar-refractivity contribution in [3.8, 4) is 23.0 Å². The van der Waals surface area contributed by atoms with Crippen LogP contribution in [0.4, 0.5) is 0 Å². The molecule has 0 aliphatic carbocycles. The number of rotatable bonds is 10. The molecule has 1 N–H and O–H groups in total. The summed E-state index contributed by atoms with van der Waals surface area (Å²) in [6.07, 6.45) is 1.51. The van der Waals surface area contributed by atoms with Crippen molar-refractivity contribution < 1.29 is 23.7 Å². The van der Waals surface area contributed by atoms with Gasteiger partial charge in [0, 0.05) is 19.1 Å². The molecule has 0 aromatic heterocycles. The van der Waals surface area contributed by atoms with Crippen molar-refractivity contribution >= 4 is 16.7 Å². The lowest BCUT2D eigenvalue weighted by molar-refractivity contribution is -0.123.